The van der Waals surface area contributed by atoms with Gasteiger partial charge in [0.15, 0.2) is 0 Å². The highest BCUT2D eigenvalue weighted by molar-refractivity contribution is 5.93. The van der Waals surface area contributed by atoms with Gasteiger partial charge >= 0.3 is 0 Å². The molecule has 0 radical (unpaired) electrons. The van der Waals surface area contributed by atoms with E-state index in [1.807, 2.05) is 0 Å². The van der Waals surface area contributed by atoms with Gasteiger partial charge in [-0.25, -0.2) is 18.2 Å². The normalized spacial score (nSPS) is 10.6. The molecule has 0 fully saturated rings. The average Bonchev–Trinajstić information content (AvgIpc) is 2.26. The molecule has 1 rings (SSSR count). The molecule has 0 aromatic heterocycles. The van der Waals surface area contributed by atoms with E-state index >= 15 is 0 Å². The molecule has 0 saturated carbocycles. The van der Waals surface area contributed by atoms with Crippen molar-refractivity contribution in [2.45, 2.75) is 6.43 Å². The first-order valence-electron chi connectivity index (χ1n) is 4.37. The van der Waals surface area contributed by atoms with Crippen LogP contribution in [-0.2, 0) is 4.84 Å². The summed E-state index contributed by atoms with van der Waals surface area (Å²) < 4.78 is 37.6. The van der Waals surface area contributed by atoms with Crippen molar-refractivity contribution in [2.24, 2.45) is 0 Å². The lowest BCUT2D eigenvalue weighted by molar-refractivity contribution is -0.0757. The molecule has 0 N–H and O–H groups in total. The summed E-state index contributed by atoms with van der Waals surface area (Å²) >= 11 is 0. The number of nitrogens with zero attached hydrogens (tertiary/aromatic N) is 1. The van der Waals surface area contributed by atoms with E-state index in [0.717, 1.165) is 23.3 Å². The van der Waals surface area contributed by atoms with Gasteiger partial charge in [-0.15, -0.1) is 0 Å². The first-order chi connectivity index (χ1) is 7.47. The van der Waals surface area contributed by atoms with Crippen LogP contribution in [0.4, 0.5) is 13.2 Å². The van der Waals surface area contributed by atoms with Crippen LogP contribution in [0.15, 0.2) is 18.2 Å². The van der Waals surface area contributed by atoms with Gasteiger partial charge in [0.2, 0.25) is 0 Å². The van der Waals surface area contributed by atoms with E-state index in [4.69, 9.17) is 0 Å². The molecule has 88 valence electrons. The van der Waals surface area contributed by atoms with Crippen LogP contribution in [0.25, 0.3) is 0 Å². The van der Waals surface area contributed by atoms with Crippen molar-refractivity contribution in [1.82, 2.24) is 5.06 Å². The van der Waals surface area contributed by atoms with Gasteiger partial charge < -0.3 is 0 Å². The predicted octanol–water partition coefficient (Wildman–Crippen LogP) is 2.40. The van der Waals surface area contributed by atoms with E-state index in [1.165, 1.54) is 14.2 Å². The molecule has 16 heavy (non-hydrogen) atoms. The smallest absolute Gasteiger partial charge is 0.274 e. The molecule has 0 saturated heterocycles. The molecule has 3 nitrogen and oxygen atoms in total. The number of benzene rings is 1. The van der Waals surface area contributed by atoms with Crippen molar-refractivity contribution in [2.75, 3.05) is 14.2 Å². The van der Waals surface area contributed by atoms with Crippen LogP contribution < -0.4 is 0 Å². The van der Waals surface area contributed by atoms with Crippen LogP contribution in [0.2, 0.25) is 0 Å². The maximum atomic E-state index is 13.1. The molecule has 0 unspecified atom stereocenters. The molecule has 0 aliphatic carbocycles. The Balaban J connectivity index is 3.02. The summed E-state index contributed by atoms with van der Waals surface area (Å²) in [5, 5.41) is 0.872. The van der Waals surface area contributed by atoms with E-state index in [1.54, 1.807) is 0 Å². The number of hydrogen-bond donors (Lipinski definition) is 0. The molecule has 1 amide bonds. The first-order valence-corrected chi connectivity index (χ1v) is 4.37. The van der Waals surface area contributed by atoms with E-state index < -0.39 is 23.7 Å². The number of halogens is 3. The Kier molecular flexibility index (Phi) is 3.89. The topological polar surface area (TPSA) is 29.5 Å². The van der Waals surface area contributed by atoms with E-state index in [9.17, 15) is 18.0 Å². The van der Waals surface area contributed by atoms with Gasteiger partial charge in [0.25, 0.3) is 12.3 Å². The molecule has 0 aliphatic heterocycles. The Morgan fingerprint density at radius 2 is 2.06 bits per heavy atom. The second-order valence-electron chi connectivity index (χ2n) is 3.02. The average molecular weight is 233 g/mol. The van der Waals surface area contributed by atoms with Gasteiger partial charge in [-0.1, -0.05) is 0 Å². The van der Waals surface area contributed by atoms with Crippen molar-refractivity contribution in [3.63, 3.8) is 0 Å². The monoisotopic (exact) mass is 233 g/mol. The Bertz CT molecular complexity index is 396. The van der Waals surface area contributed by atoms with Gasteiger partial charge in [-0.3, -0.25) is 9.63 Å². The van der Waals surface area contributed by atoms with Gasteiger partial charge in [0.1, 0.15) is 5.82 Å². The molecule has 0 aliphatic rings. The molecular formula is C10H10F3NO2. The van der Waals surface area contributed by atoms with Crippen LogP contribution in [0.5, 0.6) is 0 Å². The molecule has 6 heteroatoms. The highest BCUT2D eigenvalue weighted by Gasteiger charge is 2.17. The Hall–Kier alpha value is -1.56. The van der Waals surface area contributed by atoms with Gasteiger partial charge in [-0.05, 0) is 18.2 Å². The number of alkyl halides is 2. The third-order valence-corrected chi connectivity index (χ3v) is 2.04. The number of rotatable bonds is 3. The first kappa shape index (κ1) is 12.5. The fourth-order valence-electron chi connectivity index (χ4n) is 1.10. The fourth-order valence-corrected chi connectivity index (χ4v) is 1.10. The van der Waals surface area contributed by atoms with Crippen molar-refractivity contribution in [3.8, 4) is 0 Å². The lowest BCUT2D eigenvalue weighted by atomic mass is 10.1. The molecule has 1 aromatic carbocycles. The molecule has 0 atom stereocenters. The van der Waals surface area contributed by atoms with Crippen molar-refractivity contribution >= 4 is 5.91 Å². The standard InChI is InChI=1S/C10H10F3NO2/c1-14(16-2)10(15)6-3-4-7(9(12)13)8(11)5-6/h3-5,9H,1-2H3. The Morgan fingerprint density at radius 1 is 1.44 bits per heavy atom. The summed E-state index contributed by atoms with van der Waals surface area (Å²) in [7, 11) is 2.60. The fraction of sp³-hybridized carbons (Fsp3) is 0.300. The number of carbonyl (C=O) groups is 1. The van der Waals surface area contributed by atoms with Gasteiger partial charge in [0, 0.05) is 12.6 Å². The predicted molar refractivity (Wildman–Crippen MR) is 50.5 cm³/mol. The number of hydroxylamine groups is 2. The molecule has 0 bridgehead atoms. The zero-order valence-corrected chi connectivity index (χ0v) is 8.71. The van der Waals surface area contributed by atoms with Crippen LogP contribution in [-0.4, -0.2) is 25.1 Å². The van der Waals surface area contributed by atoms with Crippen molar-refractivity contribution in [3.05, 3.63) is 35.1 Å². The van der Waals surface area contributed by atoms with Crippen LogP contribution in [0.1, 0.15) is 22.3 Å². The minimum absolute atomic E-state index is 0.0498. The maximum absolute atomic E-state index is 13.1. The summed E-state index contributed by atoms with van der Waals surface area (Å²) in [5.41, 5.74) is -0.775. The van der Waals surface area contributed by atoms with Gasteiger partial charge in [-0.2, -0.15) is 0 Å². The van der Waals surface area contributed by atoms with Crippen molar-refractivity contribution in [1.29, 1.82) is 0 Å². The summed E-state index contributed by atoms with van der Waals surface area (Å²) in [6.07, 6.45) is -2.90. The van der Waals surface area contributed by atoms with Gasteiger partial charge in [0.05, 0.1) is 12.7 Å². The maximum Gasteiger partial charge on any atom is 0.277 e. The van der Waals surface area contributed by atoms with Crippen LogP contribution in [0, 0.1) is 5.82 Å². The number of amides is 1. The SMILES string of the molecule is CON(C)C(=O)c1ccc(C(F)F)c(F)c1. The zero-order valence-electron chi connectivity index (χ0n) is 8.71. The van der Waals surface area contributed by atoms with Crippen LogP contribution >= 0.6 is 0 Å². The highest BCUT2D eigenvalue weighted by atomic mass is 19.3. The molecular weight excluding hydrogens is 223 g/mol. The minimum Gasteiger partial charge on any atom is -0.274 e. The summed E-state index contributed by atoms with van der Waals surface area (Å²) in [6, 6.07) is 2.78. The Morgan fingerprint density at radius 3 is 2.50 bits per heavy atom. The summed E-state index contributed by atoms with van der Waals surface area (Å²) in [5.74, 6) is -1.72. The second-order valence-corrected chi connectivity index (χ2v) is 3.02. The second kappa shape index (κ2) is 4.98. The zero-order chi connectivity index (χ0) is 12.3. The molecule has 1 aromatic rings. The number of hydrogen-bond acceptors (Lipinski definition) is 2. The molecule has 0 heterocycles. The van der Waals surface area contributed by atoms with Crippen LogP contribution in [0.3, 0.4) is 0 Å². The minimum atomic E-state index is -2.90. The number of carbonyl (C=O) groups excluding carboxylic acids is 1. The highest BCUT2D eigenvalue weighted by Crippen LogP contribution is 2.22. The third kappa shape index (κ3) is 2.52. The third-order valence-electron chi connectivity index (χ3n) is 2.04. The van der Waals surface area contributed by atoms with E-state index in [-0.39, 0.29) is 5.56 Å². The largest absolute Gasteiger partial charge is 0.277 e. The lowest BCUT2D eigenvalue weighted by Gasteiger charge is -2.13. The van der Waals surface area contributed by atoms with E-state index in [2.05, 4.69) is 4.84 Å². The quantitative estimate of drug-likeness (QED) is 0.750. The lowest BCUT2D eigenvalue weighted by Crippen LogP contribution is -2.25. The Labute approximate surface area is 90.4 Å². The summed E-state index contributed by atoms with van der Waals surface area (Å²) in [4.78, 5) is 16.1. The van der Waals surface area contributed by atoms with E-state index in [0.29, 0.717) is 0 Å². The molecule has 0 spiro atoms. The summed E-state index contributed by atoms with van der Waals surface area (Å²) in [6.45, 7) is 0. The van der Waals surface area contributed by atoms with Crippen molar-refractivity contribution < 1.29 is 22.8 Å².